The SMILES string of the molecule is COCc1cc(C(=O)OC)on1.COCc1nocc1C(=O)OC. The van der Waals surface area contributed by atoms with Gasteiger partial charge in [0, 0.05) is 20.3 Å². The molecule has 0 unspecified atom stereocenters. The zero-order valence-corrected chi connectivity index (χ0v) is 13.7. The van der Waals surface area contributed by atoms with Gasteiger partial charge < -0.3 is 28.0 Å². The Morgan fingerprint density at radius 2 is 1.67 bits per heavy atom. The lowest BCUT2D eigenvalue weighted by Gasteiger charge is -1.96. The van der Waals surface area contributed by atoms with Gasteiger partial charge in [-0.3, -0.25) is 0 Å². The first-order valence-corrected chi connectivity index (χ1v) is 6.60. The average molecular weight is 342 g/mol. The third-order valence-electron chi connectivity index (χ3n) is 2.57. The van der Waals surface area contributed by atoms with Crippen molar-refractivity contribution in [1.82, 2.24) is 10.3 Å². The van der Waals surface area contributed by atoms with Crippen molar-refractivity contribution in [2.24, 2.45) is 0 Å². The quantitative estimate of drug-likeness (QED) is 0.708. The second-order valence-corrected chi connectivity index (χ2v) is 4.21. The molecule has 0 aromatic carbocycles. The molecule has 0 saturated heterocycles. The van der Waals surface area contributed by atoms with E-state index in [0.717, 1.165) is 0 Å². The molecule has 2 aromatic rings. The van der Waals surface area contributed by atoms with Gasteiger partial charge in [-0.25, -0.2) is 9.59 Å². The molecule has 0 bridgehead atoms. The summed E-state index contributed by atoms with van der Waals surface area (Å²) in [4.78, 5) is 21.8. The fourth-order valence-corrected chi connectivity index (χ4v) is 1.50. The number of rotatable bonds is 6. The number of ether oxygens (including phenoxy) is 4. The molecule has 0 N–H and O–H groups in total. The molecule has 0 atom stereocenters. The normalized spacial score (nSPS) is 9.83. The van der Waals surface area contributed by atoms with Crippen LogP contribution in [-0.4, -0.2) is 50.7 Å². The maximum atomic E-state index is 11.0. The van der Waals surface area contributed by atoms with E-state index in [2.05, 4.69) is 28.8 Å². The number of aromatic nitrogens is 2. The zero-order valence-electron chi connectivity index (χ0n) is 13.7. The summed E-state index contributed by atoms with van der Waals surface area (Å²) in [5.74, 6) is -0.919. The van der Waals surface area contributed by atoms with E-state index in [1.54, 1.807) is 0 Å². The first-order chi connectivity index (χ1) is 11.6. The highest BCUT2D eigenvalue weighted by molar-refractivity contribution is 5.89. The fourth-order valence-electron chi connectivity index (χ4n) is 1.50. The van der Waals surface area contributed by atoms with Crippen molar-refractivity contribution in [3.05, 3.63) is 35.0 Å². The molecule has 24 heavy (non-hydrogen) atoms. The third-order valence-corrected chi connectivity index (χ3v) is 2.57. The van der Waals surface area contributed by atoms with E-state index in [4.69, 9.17) is 9.47 Å². The highest BCUT2D eigenvalue weighted by atomic mass is 16.6. The Bertz CT molecular complexity index is 649. The molecule has 0 fully saturated rings. The molecule has 0 aliphatic rings. The van der Waals surface area contributed by atoms with Crippen molar-refractivity contribution in [3.8, 4) is 0 Å². The van der Waals surface area contributed by atoms with Gasteiger partial charge in [-0.15, -0.1) is 0 Å². The van der Waals surface area contributed by atoms with E-state index in [9.17, 15) is 9.59 Å². The summed E-state index contributed by atoms with van der Waals surface area (Å²) >= 11 is 0. The van der Waals surface area contributed by atoms with Crippen LogP contribution in [0.1, 0.15) is 32.3 Å². The Morgan fingerprint density at radius 1 is 1.00 bits per heavy atom. The van der Waals surface area contributed by atoms with Crippen molar-refractivity contribution in [3.63, 3.8) is 0 Å². The van der Waals surface area contributed by atoms with Crippen molar-refractivity contribution < 1.29 is 37.6 Å². The van der Waals surface area contributed by atoms with E-state index in [1.165, 1.54) is 40.8 Å². The molecule has 132 valence electrons. The molecule has 10 nitrogen and oxygen atoms in total. The lowest BCUT2D eigenvalue weighted by atomic mass is 10.2. The zero-order chi connectivity index (χ0) is 17.9. The van der Waals surface area contributed by atoms with Crippen LogP contribution < -0.4 is 0 Å². The first kappa shape index (κ1) is 19.3. The van der Waals surface area contributed by atoms with Gasteiger partial charge in [0.1, 0.15) is 23.2 Å². The van der Waals surface area contributed by atoms with Gasteiger partial charge in [0.2, 0.25) is 5.76 Å². The molecule has 0 amide bonds. The lowest BCUT2D eigenvalue weighted by molar-refractivity contribution is 0.0552. The van der Waals surface area contributed by atoms with Crippen LogP contribution in [0.15, 0.2) is 21.4 Å². The summed E-state index contributed by atoms with van der Waals surface area (Å²) in [5, 5.41) is 7.15. The standard InChI is InChI=1S/2C7H9NO4/c1-10-4-6-5(3-12-8-6)7(9)11-2;1-10-4-5-3-6(12-8-5)7(9)11-2/h2*3H,4H2,1-2H3. The Morgan fingerprint density at radius 3 is 2.25 bits per heavy atom. The van der Waals surface area contributed by atoms with E-state index in [1.807, 2.05) is 0 Å². The van der Waals surface area contributed by atoms with Gasteiger partial charge in [0.25, 0.3) is 0 Å². The van der Waals surface area contributed by atoms with Crippen LogP contribution in [0.4, 0.5) is 0 Å². The van der Waals surface area contributed by atoms with Crippen LogP contribution >= 0.6 is 0 Å². The Labute approximate surface area is 137 Å². The number of hydrogen-bond donors (Lipinski definition) is 0. The molecule has 0 spiro atoms. The summed E-state index contributed by atoms with van der Waals surface area (Å²) in [6.45, 7) is 0.557. The molecule has 0 aliphatic carbocycles. The minimum absolute atomic E-state index is 0.0875. The summed E-state index contributed by atoms with van der Waals surface area (Å²) in [5.41, 5.74) is 1.32. The molecule has 2 rings (SSSR count). The minimum Gasteiger partial charge on any atom is -0.465 e. The lowest BCUT2D eigenvalue weighted by Crippen LogP contribution is -2.04. The molecule has 0 radical (unpaired) electrons. The van der Waals surface area contributed by atoms with Crippen LogP contribution in [0.25, 0.3) is 0 Å². The van der Waals surface area contributed by atoms with Crippen LogP contribution in [0.2, 0.25) is 0 Å². The minimum atomic E-state index is -0.537. The molecule has 2 aromatic heterocycles. The number of carbonyl (C=O) groups excluding carboxylic acids is 2. The van der Waals surface area contributed by atoms with Gasteiger partial charge in [-0.1, -0.05) is 10.3 Å². The summed E-state index contributed by atoms with van der Waals surface area (Å²) in [6.07, 6.45) is 1.24. The Hall–Kier alpha value is -2.72. The average Bonchev–Trinajstić information content (AvgIpc) is 3.24. The van der Waals surface area contributed by atoms with Crippen molar-refractivity contribution in [1.29, 1.82) is 0 Å². The first-order valence-electron chi connectivity index (χ1n) is 6.60. The van der Waals surface area contributed by atoms with Crippen molar-refractivity contribution in [2.45, 2.75) is 13.2 Å². The van der Waals surface area contributed by atoms with Gasteiger partial charge in [-0.2, -0.15) is 0 Å². The predicted molar refractivity (Wildman–Crippen MR) is 77.1 cm³/mol. The predicted octanol–water partition coefficient (Wildman–Crippen LogP) is 1.22. The van der Waals surface area contributed by atoms with Gasteiger partial charge in [-0.05, 0) is 0 Å². The van der Waals surface area contributed by atoms with E-state index in [0.29, 0.717) is 23.6 Å². The number of esters is 2. The topological polar surface area (TPSA) is 123 Å². The molecule has 2 heterocycles. The molecular formula is C14H18N2O8. The highest BCUT2D eigenvalue weighted by Crippen LogP contribution is 2.08. The Balaban J connectivity index is 0.000000240. The van der Waals surface area contributed by atoms with Crippen LogP contribution in [0.3, 0.4) is 0 Å². The highest BCUT2D eigenvalue weighted by Gasteiger charge is 2.15. The monoisotopic (exact) mass is 342 g/mol. The third kappa shape index (κ3) is 5.48. The van der Waals surface area contributed by atoms with Crippen LogP contribution in [0, 0.1) is 0 Å². The summed E-state index contributed by atoms with van der Waals surface area (Å²) in [6, 6.07) is 1.48. The van der Waals surface area contributed by atoms with E-state index < -0.39 is 11.9 Å². The Kier molecular flexibility index (Phi) is 8.16. The molecular weight excluding hydrogens is 324 g/mol. The number of carbonyl (C=O) groups is 2. The van der Waals surface area contributed by atoms with Crippen molar-refractivity contribution in [2.75, 3.05) is 28.4 Å². The maximum absolute atomic E-state index is 11.0. The second-order valence-electron chi connectivity index (χ2n) is 4.21. The van der Waals surface area contributed by atoms with Gasteiger partial charge in [0.15, 0.2) is 0 Å². The molecule has 0 saturated carbocycles. The molecule has 10 heteroatoms. The van der Waals surface area contributed by atoms with Crippen LogP contribution in [0.5, 0.6) is 0 Å². The van der Waals surface area contributed by atoms with Crippen molar-refractivity contribution >= 4 is 11.9 Å². The summed E-state index contributed by atoms with van der Waals surface area (Å²) in [7, 11) is 5.62. The second kappa shape index (κ2) is 10.1. The maximum Gasteiger partial charge on any atom is 0.376 e. The smallest absolute Gasteiger partial charge is 0.376 e. The molecule has 0 aliphatic heterocycles. The summed E-state index contributed by atoms with van der Waals surface area (Å²) < 4.78 is 27.7. The van der Waals surface area contributed by atoms with Gasteiger partial charge in [0.05, 0.1) is 27.4 Å². The fraction of sp³-hybridized carbons (Fsp3) is 0.429. The van der Waals surface area contributed by atoms with E-state index in [-0.39, 0.29) is 12.4 Å². The van der Waals surface area contributed by atoms with E-state index >= 15 is 0 Å². The van der Waals surface area contributed by atoms with Gasteiger partial charge >= 0.3 is 11.9 Å². The number of hydrogen-bond acceptors (Lipinski definition) is 10. The van der Waals surface area contributed by atoms with Crippen LogP contribution in [-0.2, 0) is 32.2 Å². The number of nitrogens with zero attached hydrogens (tertiary/aromatic N) is 2. The largest absolute Gasteiger partial charge is 0.465 e. The number of methoxy groups -OCH3 is 4.